The Morgan fingerprint density at radius 1 is 1.17 bits per heavy atom. The van der Waals surface area contributed by atoms with E-state index in [-0.39, 0.29) is 18.2 Å². The van der Waals surface area contributed by atoms with E-state index >= 15 is 0 Å². The Balaban J connectivity index is 1.42. The number of aliphatic hydroxyl groups excluding tert-OH is 1. The summed E-state index contributed by atoms with van der Waals surface area (Å²) in [5.41, 5.74) is 2.18. The number of aromatic nitrogens is 3. The van der Waals surface area contributed by atoms with Gasteiger partial charge in [0, 0.05) is 12.6 Å². The third kappa shape index (κ3) is 4.79. The van der Waals surface area contributed by atoms with Gasteiger partial charge in [-0.15, -0.1) is 0 Å². The molecule has 1 fully saturated rings. The summed E-state index contributed by atoms with van der Waals surface area (Å²) in [6, 6.07) is 8.08. The summed E-state index contributed by atoms with van der Waals surface area (Å²) in [7, 11) is 0. The zero-order valence-electron chi connectivity index (χ0n) is 13.6. The molecule has 0 aliphatic heterocycles. The maximum Gasteiger partial charge on any atom is 0.315 e. The molecule has 0 radical (unpaired) electrons. The highest BCUT2D eigenvalue weighted by Crippen LogP contribution is 2.18. The SMILES string of the molecule is O=C(NCc1ccc(Cn2cncn2)cc1)NC1CCC(O)CC1. The molecule has 0 spiro atoms. The summed E-state index contributed by atoms with van der Waals surface area (Å²) < 4.78 is 1.77. The Hall–Kier alpha value is -2.41. The van der Waals surface area contributed by atoms with Gasteiger partial charge in [-0.1, -0.05) is 24.3 Å². The van der Waals surface area contributed by atoms with Gasteiger partial charge in [0.15, 0.2) is 0 Å². The Kier molecular flexibility index (Phi) is 5.43. The largest absolute Gasteiger partial charge is 0.393 e. The molecule has 7 nitrogen and oxygen atoms in total. The number of carbonyl (C=O) groups is 1. The first-order chi connectivity index (χ1) is 11.7. The quantitative estimate of drug-likeness (QED) is 0.774. The van der Waals surface area contributed by atoms with Gasteiger partial charge in [0.2, 0.25) is 0 Å². The summed E-state index contributed by atoms with van der Waals surface area (Å²) >= 11 is 0. The summed E-state index contributed by atoms with van der Waals surface area (Å²) in [5.74, 6) is 0. The molecule has 0 saturated heterocycles. The zero-order chi connectivity index (χ0) is 16.8. The summed E-state index contributed by atoms with van der Waals surface area (Å²) in [6.07, 6.45) is 6.20. The van der Waals surface area contributed by atoms with Crippen molar-refractivity contribution in [3.63, 3.8) is 0 Å². The molecule has 1 saturated carbocycles. The fraction of sp³-hybridized carbons (Fsp3) is 0.471. The molecule has 0 unspecified atom stereocenters. The van der Waals surface area contributed by atoms with Crippen molar-refractivity contribution >= 4 is 6.03 Å². The summed E-state index contributed by atoms with van der Waals surface area (Å²) in [6.45, 7) is 1.17. The van der Waals surface area contributed by atoms with Crippen LogP contribution in [-0.2, 0) is 13.1 Å². The van der Waals surface area contributed by atoms with E-state index in [1.807, 2.05) is 24.3 Å². The molecule has 7 heteroatoms. The van der Waals surface area contributed by atoms with E-state index in [9.17, 15) is 9.90 Å². The van der Waals surface area contributed by atoms with Crippen LogP contribution in [0.25, 0.3) is 0 Å². The van der Waals surface area contributed by atoms with Gasteiger partial charge in [0.25, 0.3) is 0 Å². The first-order valence-electron chi connectivity index (χ1n) is 8.32. The number of nitrogens with one attached hydrogen (secondary N) is 2. The van der Waals surface area contributed by atoms with Crippen molar-refractivity contribution in [3.05, 3.63) is 48.0 Å². The summed E-state index contributed by atoms with van der Waals surface area (Å²) in [4.78, 5) is 15.9. The van der Waals surface area contributed by atoms with Crippen molar-refractivity contribution < 1.29 is 9.90 Å². The molecule has 3 N–H and O–H groups in total. The van der Waals surface area contributed by atoms with E-state index in [1.54, 1.807) is 11.0 Å². The third-order valence-electron chi connectivity index (χ3n) is 4.32. The number of rotatable bonds is 5. The molecule has 1 heterocycles. The van der Waals surface area contributed by atoms with Gasteiger partial charge >= 0.3 is 6.03 Å². The van der Waals surface area contributed by atoms with Crippen LogP contribution in [0.15, 0.2) is 36.9 Å². The van der Waals surface area contributed by atoms with Crippen LogP contribution in [0.4, 0.5) is 4.79 Å². The van der Waals surface area contributed by atoms with Crippen molar-refractivity contribution in [2.45, 2.75) is 50.9 Å². The van der Waals surface area contributed by atoms with Gasteiger partial charge in [-0.3, -0.25) is 0 Å². The Labute approximate surface area is 141 Å². The lowest BCUT2D eigenvalue weighted by Crippen LogP contribution is -2.43. The zero-order valence-corrected chi connectivity index (χ0v) is 13.6. The normalized spacial score (nSPS) is 20.5. The Bertz CT molecular complexity index is 634. The van der Waals surface area contributed by atoms with E-state index in [0.29, 0.717) is 13.1 Å². The van der Waals surface area contributed by atoms with E-state index in [1.165, 1.54) is 6.33 Å². The van der Waals surface area contributed by atoms with E-state index in [2.05, 4.69) is 20.7 Å². The van der Waals surface area contributed by atoms with Crippen LogP contribution in [0.2, 0.25) is 0 Å². The van der Waals surface area contributed by atoms with Gasteiger partial charge in [-0.2, -0.15) is 5.10 Å². The number of hydrogen-bond acceptors (Lipinski definition) is 4. The third-order valence-corrected chi connectivity index (χ3v) is 4.32. The van der Waals surface area contributed by atoms with Crippen molar-refractivity contribution in [2.75, 3.05) is 0 Å². The average molecular weight is 329 g/mol. The van der Waals surface area contributed by atoms with Crippen molar-refractivity contribution in [1.29, 1.82) is 0 Å². The highest BCUT2D eigenvalue weighted by molar-refractivity contribution is 5.74. The van der Waals surface area contributed by atoms with Gasteiger partial charge in [-0.25, -0.2) is 14.5 Å². The predicted octanol–water partition coefficient (Wildman–Crippen LogP) is 1.43. The molecule has 2 aromatic rings. The van der Waals surface area contributed by atoms with Crippen molar-refractivity contribution in [1.82, 2.24) is 25.4 Å². The monoisotopic (exact) mass is 329 g/mol. The minimum atomic E-state index is -0.206. The molecule has 128 valence electrons. The van der Waals surface area contributed by atoms with Crippen LogP contribution >= 0.6 is 0 Å². The van der Waals surface area contributed by atoms with E-state index in [4.69, 9.17) is 0 Å². The minimum absolute atomic E-state index is 0.150. The van der Waals surface area contributed by atoms with Crippen molar-refractivity contribution in [3.8, 4) is 0 Å². The number of urea groups is 1. The fourth-order valence-electron chi connectivity index (χ4n) is 2.90. The molecule has 1 aliphatic carbocycles. The second-order valence-electron chi connectivity index (χ2n) is 6.24. The van der Waals surface area contributed by atoms with Gasteiger partial charge < -0.3 is 15.7 Å². The van der Waals surface area contributed by atoms with Gasteiger partial charge in [0.05, 0.1) is 12.6 Å². The molecule has 0 bridgehead atoms. The number of benzene rings is 1. The molecule has 24 heavy (non-hydrogen) atoms. The highest BCUT2D eigenvalue weighted by atomic mass is 16.3. The van der Waals surface area contributed by atoms with Gasteiger partial charge in [0.1, 0.15) is 12.7 Å². The van der Waals surface area contributed by atoms with Crippen LogP contribution in [0.5, 0.6) is 0 Å². The first kappa shape index (κ1) is 16.4. The Morgan fingerprint density at radius 2 is 1.88 bits per heavy atom. The topological polar surface area (TPSA) is 92.1 Å². The standard InChI is InChI=1S/C17H23N5O2/c23-16-7-5-15(6-8-16)21-17(24)19-9-13-1-3-14(4-2-13)10-22-12-18-11-20-22/h1-4,11-12,15-16,23H,5-10H2,(H2,19,21,24). The fourth-order valence-corrected chi connectivity index (χ4v) is 2.90. The maximum absolute atomic E-state index is 11.9. The number of nitrogens with zero attached hydrogens (tertiary/aromatic N) is 3. The molecule has 3 rings (SSSR count). The van der Waals surface area contributed by atoms with Crippen molar-refractivity contribution in [2.24, 2.45) is 0 Å². The first-order valence-corrected chi connectivity index (χ1v) is 8.32. The van der Waals surface area contributed by atoms with E-state index < -0.39 is 0 Å². The van der Waals surface area contributed by atoms with E-state index in [0.717, 1.165) is 36.8 Å². The van der Waals surface area contributed by atoms with Crippen LogP contribution in [0.1, 0.15) is 36.8 Å². The number of amides is 2. The second kappa shape index (κ2) is 7.92. The highest BCUT2D eigenvalue weighted by Gasteiger charge is 2.20. The molecule has 1 aromatic heterocycles. The molecule has 2 amide bonds. The predicted molar refractivity (Wildman–Crippen MR) is 89.2 cm³/mol. The molecular formula is C17H23N5O2. The number of aliphatic hydroxyl groups is 1. The Morgan fingerprint density at radius 3 is 2.54 bits per heavy atom. The lowest BCUT2D eigenvalue weighted by atomic mass is 9.93. The molecular weight excluding hydrogens is 306 g/mol. The van der Waals surface area contributed by atoms with Crippen LogP contribution < -0.4 is 10.6 Å². The van der Waals surface area contributed by atoms with Crippen LogP contribution in [-0.4, -0.2) is 38.0 Å². The molecule has 1 aliphatic rings. The number of hydrogen-bond donors (Lipinski definition) is 3. The smallest absolute Gasteiger partial charge is 0.315 e. The lowest BCUT2D eigenvalue weighted by Gasteiger charge is -2.26. The van der Waals surface area contributed by atoms with Gasteiger partial charge in [-0.05, 0) is 36.8 Å². The lowest BCUT2D eigenvalue weighted by molar-refractivity contribution is 0.117. The average Bonchev–Trinajstić information content (AvgIpc) is 3.09. The molecule has 0 atom stereocenters. The van der Waals surface area contributed by atoms with Crippen LogP contribution in [0, 0.1) is 0 Å². The maximum atomic E-state index is 11.9. The number of carbonyl (C=O) groups excluding carboxylic acids is 1. The minimum Gasteiger partial charge on any atom is -0.393 e. The second-order valence-corrected chi connectivity index (χ2v) is 6.24. The summed E-state index contributed by atoms with van der Waals surface area (Å²) in [5, 5.41) is 19.4. The van der Waals surface area contributed by atoms with Crippen LogP contribution in [0.3, 0.4) is 0 Å². The molecule has 1 aromatic carbocycles.